The van der Waals surface area contributed by atoms with Gasteiger partial charge in [-0.1, -0.05) is 19.3 Å². The Kier molecular flexibility index (Phi) is 3.27. The Bertz CT molecular complexity index is 584. The predicted molar refractivity (Wildman–Crippen MR) is 74.2 cm³/mol. The summed E-state index contributed by atoms with van der Waals surface area (Å²) >= 11 is 0. The van der Waals surface area contributed by atoms with Crippen LogP contribution in [0.25, 0.3) is 11.0 Å². The molecule has 4 heteroatoms. The Labute approximate surface area is 112 Å². The lowest BCUT2D eigenvalue weighted by Crippen LogP contribution is -2.26. The minimum atomic E-state index is -0.228. The van der Waals surface area contributed by atoms with Crippen LogP contribution < -0.4 is 5.73 Å². The molecule has 3 rings (SSSR count). The van der Waals surface area contributed by atoms with Gasteiger partial charge in [0.25, 0.3) is 0 Å². The number of hydrogen-bond acceptors (Lipinski definition) is 2. The number of benzene rings is 1. The highest BCUT2D eigenvalue weighted by Gasteiger charge is 2.25. The van der Waals surface area contributed by atoms with Gasteiger partial charge in [-0.05, 0) is 37.0 Å². The summed E-state index contributed by atoms with van der Waals surface area (Å²) in [6, 6.07) is 4.66. The average Bonchev–Trinajstić information content (AvgIpc) is 2.76. The van der Waals surface area contributed by atoms with E-state index < -0.39 is 0 Å². The number of halogens is 1. The van der Waals surface area contributed by atoms with Crippen molar-refractivity contribution in [2.24, 2.45) is 18.7 Å². The van der Waals surface area contributed by atoms with Crippen molar-refractivity contribution in [2.75, 3.05) is 0 Å². The molecule has 1 saturated carbocycles. The van der Waals surface area contributed by atoms with E-state index in [2.05, 4.69) is 4.98 Å². The molecule has 2 aromatic rings. The first kappa shape index (κ1) is 12.6. The number of nitrogens with two attached hydrogens (primary N) is 1. The van der Waals surface area contributed by atoms with Gasteiger partial charge in [-0.25, -0.2) is 9.37 Å². The van der Waals surface area contributed by atoms with Gasteiger partial charge in [0.05, 0.1) is 17.1 Å². The third-order valence-electron chi connectivity index (χ3n) is 4.33. The second-order valence-electron chi connectivity index (χ2n) is 5.59. The van der Waals surface area contributed by atoms with E-state index in [4.69, 9.17) is 5.73 Å². The van der Waals surface area contributed by atoms with E-state index in [1.807, 2.05) is 11.6 Å². The number of imidazole rings is 1. The molecule has 1 aromatic carbocycles. The zero-order valence-corrected chi connectivity index (χ0v) is 11.3. The summed E-state index contributed by atoms with van der Waals surface area (Å²) < 4.78 is 15.3. The molecule has 1 aromatic heterocycles. The van der Waals surface area contributed by atoms with Crippen LogP contribution in [-0.4, -0.2) is 9.55 Å². The summed E-state index contributed by atoms with van der Waals surface area (Å²) in [6.45, 7) is 0. The molecule has 0 saturated heterocycles. The Balaban J connectivity index is 1.97. The van der Waals surface area contributed by atoms with E-state index >= 15 is 0 Å². The lowest BCUT2D eigenvalue weighted by atomic mass is 9.84. The molecule has 1 heterocycles. The van der Waals surface area contributed by atoms with Gasteiger partial charge in [0.15, 0.2) is 0 Å². The molecule has 1 aliphatic rings. The molecule has 3 nitrogen and oxygen atoms in total. The van der Waals surface area contributed by atoms with Gasteiger partial charge >= 0.3 is 0 Å². The monoisotopic (exact) mass is 261 g/mol. The van der Waals surface area contributed by atoms with E-state index in [9.17, 15) is 4.39 Å². The average molecular weight is 261 g/mol. The molecule has 0 aliphatic heterocycles. The molecule has 102 valence electrons. The first-order chi connectivity index (χ1) is 9.16. The molecule has 1 atom stereocenters. The van der Waals surface area contributed by atoms with E-state index in [1.54, 1.807) is 6.07 Å². The van der Waals surface area contributed by atoms with Crippen LogP contribution in [0.2, 0.25) is 0 Å². The van der Waals surface area contributed by atoms with Crippen molar-refractivity contribution in [3.05, 3.63) is 29.8 Å². The highest BCUT2D eigenvalue weighted by Crippen LogP contribution is 2.33. The Hall–Kier alpha value is -1.42. The lowest BCUT2D eigenvalue weighted by molar-refractivity contribution is 0.298. The summed E-state index contributed by atoms with van der Waals surface area (Å²) in [5.41, 5.74) is 8.04. The molecule has 19 heavy (non-hydrogen) atoms. The maximum absolute atomic E-state index is 13.3. The molecule has 0 spiro atoms. The van der Waals surface area contributed by atoms with Crippen molar-refractivity contribution in [3.8, 4) is 0 Å². The van der Waals surface area contributed by atoms with Gasteiger partial charge in [-0.15, -0.1) is 0 Å². The van der Waals surface area contributed by atoms with Gasteiger partial charge in [0.2, 0.25) is 0 Å². The van der Waals surface area contributed by atoms with Gasteiger partial charge in [-0.2, -0.15) is 0 Å². The van der Waals surface area contributed by atoms with Crippen LogP contribution in [-0.2, 0) is 7.05 Å². The SMILES string of the molecule is Cn1c(C(N)C2CCCCC2)nc2ccc(F)cc21. The maximum Gasteiger partial charge on any atom is 0.126 e. The maximum atomic E-state index is 13.3. The standard InChI is InChI=1S/C15H20FN3/c1-19-13-9-11(16)7-8-12(13)18-15(19)14(17)10-5-3-2-4-6-10/h7-10,14H,2-6,17H2,1H3. The van der Waals surface area contributed by atoms with Crippen LogP contribution in [0.15, 0.2) is 18.2 Å². The zero-order chi connectivity index (χ0) is 13.4. The lowest BCUT2D eigenvalue weighted by Gasteiger charge is -2.27. The van der Waals surface area contributed by atoms with Crippen LogP contribution in [0, 0.1) is 11.7 Å². The van der Waals surface area contributed by atoms with E-state index in [0.29, 0.717) is 5.92 Å². The normalized spacial score (nSPS) is 18.9. The second kappa shape index (κ2) is 4.93. The predicted octanol–water partition coefficient (Wildman–Crippen LogP) is 3.29. The van der Waals surface area contributed by atoms with E-state index in [0.717, 1.165) is 16.9 Å². The van der Waals surface area contributed by atoms with Crippen molar-refractivity contribution in [1.82, 2.24) is 9.55 Å². The molecule has 0 bridgehead atoms. The Morgan fingerprint density at radius 3 is 2.79 bits per heavy atom. The summed E-state index contributed by atoms with van der Waals surface area (Å²) in [7, 11) is 1.92. The number of rotatable bonds is 2. The molecule has 0 amide bonds. The number of aromatic nitrogens is 2. The van der Waals surface area contributed by atoms with Crippen LogP contribution in [0.4, 0.5) is 4.39 Å². The molecular weight excluding hydrogens is 241 g/mol. The van der Waals surface area contributed by atoms with Crippen LogP contribution in [0.5, 0.6) is 0 Å². The highest BCUT2D eigenvalue weighted by atomic mass is 19.1. The van der Waals surface area contributed by atoms with Crippen molar-refractivity contribution in [3.63, 3.8) is 0 Å². The minimum Gasteiger partial charge on any atom is -0.330 e. The Morgan fingerprint density at radius 2 is 2.05 bits per heavy atom. The van der Waals surface area contributed by atoms with Gasteiger partial charge in [0.1, 0.15) is 11.6 Å². The van der Waals surface area contributed by atoms with Crippen molar-refractivity contribution in [1.29, 1.82) is 0 Å². The van der Waals surface area contributed by atoms with E-state index in [1.165, 1.54) is 44.2 Å². The summed E-state index contributed by atoms with van der Waals surface area (Å²) in [5, 5.41) is 0. The van der Waals surface area contributed by atoms with Crippen molar-refractivity contribution < 1.29 is 4.39 Å². The quantitative estimate of drug-likeness (QED) is 0.901. The topological polar surface area (TPSA) is 43.8 Å². The van der Waals surface area contributed by atoms with Crippen LogP contribution in [0.1, 0.15) is 44.0 Å². The summed E-state index contributed by atoms with van der Waals surface area (Å²) in [5.74, 6) is 1.16. The summed E-state index contributed by atoms with van der Waals surface area (Å²) in [4.78, 5) is 4.60. The first-order valence-corrected chi connectivity index (χ1v) is 7.04. The first-order valence-electron chi connectivity index (χ1n) is 7.04. The molecule has 1 unspecified atom stereocenters. The second-order valence-corrected chi connectivity index (χ2v) is 5.59. The highest BCUT2D eigenvalue weighted by molar-refractivity contribution is 5.76. The van der Waals surface area contributed by atoms with Gasteiger partial charge < -0.3 is 10.3 Å². The van der Waals surface area contributed by atoms with Crippen LogP contribution >= 0.6 is 0 Å². The minimum absolute atomic E-state index is 0.0410. The smallest absolute Gasteiger partial charge is 0.126 e. The van der Waals surface area contributed by atoms with E-state index in [-0.39, 0.29) is 11.9 Å². The fourth-order valence-corrected chi connectivity index (χ4v) is 3.18. The third-order valence-corrected chi connectivity index (χ3v) is 4.33. The van der Waals surface area contributed by atoms with Gasteiger partial charge in [0, 0.05) is 7.05 Å². The number of hydrogen-bond donors (Lipinski definition) is 1. The molecule has 0 radical (unpaired) electrons. The zero-order valence-electron chi connectivity index (χ0n) is 11.3. The molecule has 1 aliphatic carbocycles. The summed E-state index contributed by atoms with van der Waals surface area (Å²) in [6.07, 6.45) is 6.20. The van der Waals surface area contributed by atoms with Crippen LogP contribution in [0.3, 0.4) is 0 Å². The fraction of sp³-hybridized carbons (Fsp3) is 0.533. The number of aryl methyl sites for hydroxylation is 1. The third kappa shape index (κ3) is 2.25. The van der Waals surface area contributed by atoms with Crippen molar-refractivity contribution in [2.45, 2.75) is 38.1 Å². The van der Waals surface area contributed by atoms with Crippen molar-refractivity contribution >= 4 is 11.0 Å². The molecular formula is C15H20FN3. The largest absolute Gasteiger partial charge is 0.330 e. The fourth-order valence-electron chi connectivity index (χ4n) is 3.18. The Morgan fingerprint density at radius 1 is 1.32 bits per heavy atom. The molecule has 2 N–H and O–H groups in total. The number of nitrogens with zero attached hydrogens (tertiary/aromatic N) is 2. The molecule has 1 fully saturated rings. The number of fused-ring (bicyclic) bond motifs is 1. The van der Waals surface area contributed by atoms with Gasteiger partial charge in [-0.3, -0.25) is 0 Å².